The summed E-state index contributed by atoms with van der Waals surface area (Å²) in [6.45, 7) is 9.46. The highest BCUT2D eigenvalue weighted by molar-refractivity contribution is 5.75. The van der Waals surface area contributed by atoms with Gasteiger partial charge >= 0.3 is 5.97 Å². The molecule has 6 nitrogen and oxygen atoms in total. The Labute approximate surface area is 219 Å². The Morgan fingerprint density at radius 1 is 1.00 bits per heavy atom. The number of rotatable bonds is 12. The average molecular weight is 501 g/mol. The van der Waals surface area contributed by atoms with Gasteiger partial charge in [-0.25, -0.2) is 4.98 Å². The second-order valence-electron chi connectivity index (χ2n) is 9.88. The molecule has 4 rings (SSSR count). The maximum atomic E-state index is 12.1. The number of carbonyl (C=O) groups is 1. The van der Waals surface area contributed by atoms with E-state index in [4.69, 9.17) is 18.9 Å². The number of aryl methyl sites for hydroxylation is 1. The van der Waals surface area contributed by atoms with Crippen molar-refractivity contribution < 1.29 is 18.7 Å². The molecule has 0 radical (unpaired) electrons. The number of esters is 1. The van der Waals surface area contributed by atoms with Crippen molar-refractivity contribution in [2.75, 3.05) is 13.2 Å². The zero-order valence-corrected chi connectivity index (χ0v) is 22.2. The molecule has 0 saturated carbocycles. The number of aromatic nitrogens is 2. The standard InChI is InChI=1S/C31H36N2O4/c1-5-35-30(34)31(3,4)18-8-9-19-36-28-12-7-6-11-26(28)22-33-23(2)21-32-29(33)25-16-14-24(15-17-25)27-13-10-20-37-27/h6-7,10-17,20-21H,5,8-9,18-19,22H2,1-4H3. The Morgan fingerprint density at radius 3 is 2.49 bits per heavy atom. The van der Waals surface area contributed by atoms with Crippen molar-refractivity contribution in [3.8, 4) is 28.5 Å². The van der Waals surface area contributed by atoms with Crippen LogP contribution >= 0.6 is 0 Å². The summed E-state index contributed by atoms with van der Waals surface area (Å²) < 4.78 is 19.1. The molecule has 0 saturated heterocycles. The number of furan rings is 1. The van der Waals surface area contributed by atoms with Crippen LogP contribution in [0.25, 0.3) is 22.7 Å². The number of hydrogen-bond acceptors (Lipinski definition) is 5. The molecule has 0 aliphatic heterocycles. The summed E-state index contributed by atoms with van der Waals surface area (Å²) in [4.78, 5) is 16.8. The van der Waals surface area contributed by atoms with E-state index >= 15 is 0 Å². The van der Waals surface area contributed by atoms with Crippen molar-refractivity contribution in [3.05, 3.63) is 84.4 Å². The van der Waals surface area contributed by atoms with Crippen LogP contribution in [0.5, 0.6) is 5.75 Å². The van der Waals surface area contributed by atoms with Crippen molar-refractivity contribution >= 4 is 5.97 Å². The Kier molecular flexibility index (Phi) is 8.49. The Morgan fingerprint density at radius 2 is 1.76 bits per heavy atom. The van der Waals surface area contributed by atoms with Crippen LogP contribution in [-0.4, -0.2) is 28.7 Å². The molecule has 6 heteroatoms. The fraction of sp³-hybridized carbons (Fsp3) is 0.355. The zero-order chi connectivity index (χ0) is 26.3. The fourth-order valence-electron chi connectivity index (χ4n) is 4.34. The smallest absolute Gasteiger partial charge is 0.311 e. The molecule has 0 atom stereocenters. The van der Waals surface area contributed by atoms with E-state index in [1.54, 1.807) is 6.26 Å². The number of benzene rings is 2. The van der Waals surface area contributed by atoms with Gasteiger partial charge < -0.3 is 18.5 Å². The lowest BCUT2D eigenvalue weighted by Crippen LogP contribution is -2.26. The number of ether oxygens (including phenoxy) is 2. The molecule has 2 aromatic heterocycles. The van der Waals surface area contributed by atoms with Crippen molar-refractivity contribution in [2.45, 2.75) is 53.5 Å². The lowest BCUT2D eigenvalue weighted by atomic mass is 9.87. The summed E-state index contributed by atoms with van der Waals surface area (Å²) in [6.07, 6.45) is 6.13. The van der Waals surface area contributed by atoms with E-state index < -0.39 is 5.41 Å². The van der Waals surface area contributed by atoms with Crippen molar-refractivity contribution in [1.29, 1.82) is 0 Å². The minimum atomic E-state index is -0.473. The van der Waals surface area contributed by atoms with Gasteiger partial charge in [-0.2, -0.15) is 0 Å². The molecule has 194 valence electrons. The predicted octanol–water partition coefficient (Wildman–Crippen LogP) is 7.31. The molecule has 2 heterocycles. The van der Waals surface area contributed by atoms with Crippen molar-refractivity contribution in [3.63, 3.8) is 0 Å². The summed E-state index contributed by atoms with van der Waals surface area (Å²) >= 11 is 0. The van der Waals surface area contributed by atoms with Gasteiger partial charge in [-0.3, -0.25) is 4.79 Å². The van der Waals surface area contributed by atoms with E-state index in [1.165, 1.54) is 0 Å². The highest BCUT2D eigenvalue weighted by Gasteiger charge is 2.28. The molecule has 0 aliphatic carbocycles. The fourth-order valence-corrected chi connectivity index (χ4v) is 4.34. The number of hydrogen-bond donors (Lipinski definition) is 0. The maximum absolute atomic E-state index is 12.1. The second-order valence-corrected chi connectivity index (χ2v) is 9.88. The summed E-state index contributed by atoms with van der Waals surface area (Å²) in [5, 5.41) is 0. The molecular formula is C31H36N2O4. The lowest BCUT2D eigenvalue weighted by molar-refractivity contribution is -0.153. The van der Waals surface area contributed by atoms with Crippen molar-refractivity contribution in [2.24, 2.45) is 5.41 Å². The van der Waals surface area contributed by atoms with Gasteiger partial charge in [0.15, 0.2) is 0 Å². The average Bonchev–Trinajstić information content (AvgIpc) is 3.56. The van der Waals surface area contributed by atoms with Crippen LogP contribution in [-0.2, 0) is 16.1 Å². The second kappa shape index (κ2) is 12.0. The SMILES string of the molecule is CCOC(=O)C(C)(C)CCCCOc1ccccc1Cn1c(C)cnc1-c1ccc(-c2ccco2)cc1. The third-order valence-electron chi connectivity index (χ3n) is 6.59. The first-order valence-electron chi connectivity index (χ1n) is 12.9. The number of nitrogens with zero attached hydrogens (tertiary/aromatic N) is 2. The summed E-state index contributed by atoms with van der Waals surface area (Å²) in [7, 11) is 0. The highest BCUT2D eigenvalue weighted by atomic mass is 16.5. The highest BCUT2D eigenvalue weighted by Crippen LogP contribution is 2.28. The van der Waals surface area contributed by atoms with E-state index in [2.05, 4.69) is 41.8 Å². The van der Waals surface area contributed by atoms with Crippen LogP contribution in [0.15, 0.2) is 77.5 Å². The quantitative estimate of drug-likeness (QED) is 0.151. The van der Waals surface area contributed by atoms with Crippen LogP contribution in [0.1, 0.15) is 51.3 Å². The van der Waals surface area contributed by atoms with Crippen LogP contribution in [0.2, 0.25) is 0 Å². The normalized spacial score (nSPS) is 11.5. The predicted molar refractivity (Wildman–Crippen MR) is 145 cm³/mol. The summed E-state index contributed by atoms with van der Waals surface area (Å²) in [6, 6.07) is 20.3. The van der Waals surface area contributed by atoms with E-state index in [0.29, 0.717) is 19.8 Å². The molecule has 0 aliphatic rings. The molecule has 2 aromatic carbocycles. The molecule has 0 bridgehead atoms. The first-order valence-corrected chi connectivity index (χ1v) is 12.9. The van der Waals surface area contributed by atoms with Gasteiger partial charge in [0.25, 0.3) is 0 Å². The van der Waals surface area contributed by atoms with Crippen molar-refractivity contribution in [1.82, 2.24) is 9.55 Å². The first kappa shape index (κ1) is 26.3. The topological polar surface area (TPSA) is 66.5 Å². The number of imidazole rings is 1. The van der Waals surface area contributed by atoms with Gasteiger partial charge in [0.1, 0.15) is 17.3 Å². The van der Waals surface area contributed by atoms with E-state index in [-0.39, 0.29) is 5.97 Å². The molecule has 0 amide bonds. The summed E-state index contributed by atoms with van der Waals surface area (Å²) in [5.41, 5.74) is 3.79. The Balaban J connectivity index is 1.40. The Hall–Kier alpha value is -3.80. The molecular weight excluding hydrogens is 464 g/mol. The van der Waals surface area contributed by atoms with E-state index in [9.17, 15) is 4.79 Å². The molecule has 0 N–H and O–H groups in total. The van der Waals surface area contributed by atoms with Crippen LogP contribution in [0.4, 0.5) is 0 Å². The largest absolute Gasteiger partial charge is 0.493 e. The van der Waals surface area contributed by atoms with Gasteiger partial charge in [0, 0.05) is 28.6 Å². The Bertz CT molecular complexity index is 1290. The van der Waals surface area contributed by atoms with Gasteiger partial charge in [-0.15, -0.1) is 0 Å². The van der Waals surface area contributed by atoms with Gasteiger partial charge in [-0.05, 0) is 65.2 Å². The molecule has 0 fully saturated rings. The monoisotopic (exact) mass is 500 g/mol. The molecule has 0 unspecified atom stereocenters. The van der Waals surface area contributed by atoms with E-state index in [1.807, 2.05) is 57.3 Å². The van der Waals surface area contributed by atoms with Gasteiger partial charge in [-0.1, -0.05) is 42.5 Å². The molecule has 0 spiro atoms. The third-order valence-corrected chi connectivity index (χ3v) is 6.59. The molecule has 37 heavy (non-hydrogen) atoms. The van der Waals surface area contributed by atoms with Gasteiger partial charge in [0.05, 0.1) is 31.4 Å². The minimum absolute atomic E-state index is 0.136. The zero-order valence-electron chi connectivity index (χ0n) is 22.2. The summed E-state index contributed by atoms with van der Waals surface area (Å²) in [5.74, 6) is 2.50. The van der Waals surface area contributed by atoms with E-state index in [0.717, 1.165) is 59.0 Å². The van der Waals surface area contributed by atoms with Crippen LogP contribution in [0.3, 0.4) is 0 Å². The number of para-hydroxylation sites is 1. The third kappa shape index (κ3) is 6.50. The van der Waals surface area contributed by atoms with Crippen LogP contribution in [0, 0.1) is 12.3 Å². The number of carbonyl (C=O) groups excluding carboxylic acids is 1. The minimum Gasteiger partial charge on any atom is -0.493 e. The first-order chi connectivity index (χ1) is 17.9. The lowest BCUT2D eigenvalue weighted by Gasteiger charge is -2.22. The van der Waals surface area contributed by atoms with Crippen LogP contribution < -0.4 is 4.74 Å². The maximum Gasteiger partial charge on any atom is 0.311 e. The van der Waals surface area contributed by atoms with Gasteiger partial charge in [0.2, 0.25) is 0 Å². The number of unbranched alkanes of at least 4 members (excludes halogenated alkanes) is 1. The molecule has 4 aromatic rings.